The van der Waals surface area contributed by atoms with E-state index in [9.17, 15) is 9.90 Å². The van der Waals surface area contributed by atoms with Gasteiger partial charge in [-0.3, -0.25) is 4.79 Å². The molecule has 0 spiro atoms. The average Bonchev–Trinajstić information content (AvgIpc) is 3.02. The van der Waals surface area contributed by atoms with E-state index in [0.717, 1.165) is 13.1 Å². The van der Waals surface area contributed by atoms with Crippen molar-refractivity contribution in [2.45, 2.75) is 252 Å². The summed E-state index contributed by atoms with van der Waals surface area (Å²) >= 11 is 0. The van der Waals surface area contributed by atoms with Gasteiger partial charge in [-0.15, -0.1) is 0 Å². The van der Waals surface area contributed by atoms with Crippen LogP contribution in [0, 0.1) is 0 Å². The lowest BCUT2D eigenvalue weighted by atomic mass is 10.0. The maximum Gasteiger partial charge on any atom is 0.304 e. The second-order valence-electron chi connectivity index (χ2n) is 14.8. The maximum atomic E-state index is 11.4. The first-order chi connectivity index (χ1) is 22.1. The molecule has 0 fully saturated rings. The Morgan fingerprint density at radius 3 is 0.800 bits per heavy atom. The molecule has 0 aromatic rings. The van der Waals surface area contributed by atoms with Crippen molar-refractivity contribution in [1.29, 1.82) is 0 Å². The molecular formula is C42H85NO2. The van der Waals surface area contributed by atoms with Gasteiger partial charge in [-0.05, 0) is 32.9 Å². The van der Waals surface area contributed by atoms with Crippen molar-refractivity contribution >= 4 is 5.97 Å². The highest BCUT2D eigenvalue weighted by atomic mass is 16.4. The number of rotatable bonds is 39. The molecule has 1 N–H and O–H groups in total. The van der Waals surface area contributed by atoms with Crippen LogP contribution in [0.1, 0.15) is 245 Å². The number of carboxylic acids is 1. The standard InChI is InChI=1S/C42H85NO2/c1-4-6-8-10-12-14-16-18-20-22-24-26-28-30-32-34-36-38-43(41(3)40-42(44)45)39-37-35-33-31-29-27-25-23-21-19-17-15-13-11-9-7-5-2/h41H,4-40H2,1-3H3,(H,44,45). The Bertz CT molecular complexity index is 527. The fourth-order valence-corrected chi connectivity index (χ4v) is 7.01. The van der Waals surface area contributed by atoms with Gasteiger partial charge in [0.1, 0.15) is 0 Å². The Morgan fingerprint density at radius 2 is 0.600 bits per heavy atom. The molecule has 0 heterocycles. The van der Waals surface area contributed by atoms with E-state index in [4.69, 9.17) is 0 Å². The smallest absolute Gasteiger partial charge is 0.304 e. The van der Waals surface area contributed by atoms with Gasteiger partial charge in [0, 0.05) is 6.04 Å². The Labute approximate surface area is 284 Å². The van der Waals surface area contributed by atoms with Crippen LogP contribution < -0.4 is 0 Å². The van der Waals surface area contributed by atoms with Crippen molar-refractivity contribution < 1.29 is 9.90 Å². The molecule has 1 atom stereocenters. The molecule has 0 aromatic heterocycles. The van der Waals surface area contributed by atoms with Gasteiger partial charge < -0.3 is 10.0 Å². The normalized spacial score (nSPS) is 12.4. The summed E-state index contributed by atoms with van der Waals surface area (Å²) in [5.41, 5.74) is 0. The van der Waals surface area contributed by atoms with Gasteiger partial charge >= 0.3 is 5.97 Å². The van der Waals surface area contributed by atoms with Crippen LogP contribution in [0.2, 0.25) is 0 Å². The van der Waals surface area contributed by atoms with Gasteiger partial charge in [-0.25, -0.2) is 0 Å². The van der Waals surface area contributed by atoms with E-state index in [-0.39, 0.29) is 12.5 Å². The van der Waals surface area contributed by atoms with Crippen molar-refractivity contribution in [1.82, 2.24) is 4.90 Å². The molecule has 0 radical (unpaired) electrons. The van der Waals surface area contributed by atoms with Gasteiger partial charge in [-0.1, -0.05) is 219 Å². The molecule has 0 saturated heterocycles. The summed E-state index contributed by atoms with van der Waals surface area (Å²) in [6, 6.07) is 0.157. The van der Waals surface area contributed by atoms with Gasteiger partial charge in [0.15, 0.2) is 0 Å². The Morgan fingerprint density at radius 1 is 0.400 bits per heavy atom. The zero-order valence-corrected chi connectivity index (χ0v) is 31.5. The minimum atomic E-state index is -0.655. The SMILES string of the molecule is CCCCCCCCCCCCCCCCCCCN(CCCCCCCCCCCCCCCCCCC)C(C)CC(=O)O. The van der Waals surface area contributed by atoms with Gasteiger partial charge in [0.05, 0.1) is 6.42 Å². The monoisotopic (exact) mass is 636 g/mol. The van der Waals surface area contributed by atoms with Crippen molar-refractivity contribution in [3.05, 3.63) is 0 Å². The van der Waals surface area contributed by atoms with Crippen LogP contribution in [0.15, 0.2) is 0 Å². The van der Waals surface area contributed by atoms with E-state index in [1.54, 1.807) is 0 Å². The molecule has 0 aliphatic rings. The molecule has 0 aromatic carbocycles. The maximum absolute atomic E-state index is 11.4. The second-order valence-corrected chi connectivity index (χ2v) is 14.8. The molecule has 0 rings (SSSR count). The molecule has 3 heteroatoms. The summed E-state index contributed by atoms with van der Waals surface area (Å²) in [7, 11) is 0. The minimum Gasteiger partial charge on any atom is -0.481 e. The zero-order valence-electron chi connectivity index (χ0n) is 31.5. The van der Waals surface area contributed by atoms with Crippen LogP contribution >= 0.6 is 0 Å². The quantitative estimate of drug-likeness (QED) is 0.0683. The lowest BCUT2D eigenvalue weighted by Gasteiger charge is -2.28. The third kappa shape index (κ3) is 36.1. The Kier molecular flexibility index (Phi) is 37.4. The van der Waals surface area contributed by atoms with Gasteiger partial charge in [0.25, 0.3) is 0 Å². The Balaban J connectivity index is 3.65. The van der Waals surface area contributed by atoms with Crippen molar-refractivity contribution in [3.8, 4) is 0 Å². The second kappa shape index (κ2) is 37.9. The highest BCUT2D eigenvalue weighted by Gasteiger charge is 2.16. The molecular weight excluding hydrogens is 550 g/mol. The average molecular weight is 636 g/mol. The number of hydrogen-bond donors (Lipinski definition) is 1. The topological polar surface area (TPSA) is 40.5 Å². The first-order valence-corrected chi connectivity index (χ1v) is 21.1. The lowest BCUT2D eigenvalue weighted by molar-refractivity contribution is -0.138. The minimum absolute atomic E-state index is 0.157. The Hall–Kier alpha value is -0.570. The lowest BCUT2D eigenvalue weighted by Crippen LogP contribution is -2.36. The van der Waals surface area contributed by atoms with Gasteiger partial charge in [0.2, 0.25) is 0 Å². The summed E-state index contributed by atoms with van der Waals surface area (Å²) in [6.45, 7) is 8.86. The molecule has 0 aliphatic carbocycles. The van der Waals surface area contributed by atoms with Crippen molar-refractivity contribution in [2.75, 3.05) is 13.1 Å². The first kappa shape index (κ1) is 44.4. The highest BCUT2D eigenvalue weighted by Crippen LogP contribution is 2.17. The van der Waals surface area contributed by atoms with Crippen LogP contribution in [-0.4, -0.2) is 35.1 Å². The molecule has 45 heavy (non-hydrogen) atoms. The molecule has 0 aliphatic heterocycles. The van der Waals surface area contributed by atoms with Crippen LogP contribution in [0.25, 0.3) is 0 Å². The van der Waals surface area contributed by atoms with E-state index in [2.05, 4.69) is 25.7 Å². The number of carbonyl (C=O) groups is 1. The van der Waals surface area contributed by atoms with Crippen LogP contribution in [0.4, 0.5) is 0 Å². The van der Waals surface area contributed by atoms with E-state index in [0.29, 0.717) is 0 Å². The number of unbranched alkanes of at least 4 members (excludes halogenated alkanes) is 32. The summed E-state index contributed by atoms with van der Waals surface area (Å²) in [5.74, 6) is -0.655. The van der Waals surface area contributed by atoms with E-state index < -0.39 is 5.97 Å². The van der Waals surface area contributed by atoms with Crippen molar-refractivity contribution in [2.24, 2.45) is 0 Å². The molecule has 0 saturated carbocycles. The fraction of sp³-hybridized carbons (Fsp3) is 0.976. The number of nitrogens with zero attached hydrogens (tertiary/aromatic N) is 1. The van der Waals surface area contributed by atoms with Crippen LogP contribution in [0.5, 0.6) is 0 Å². The third-order valence-corrected chi connectivity index (χ3v) is 10.2. The van der Waals surface area contributed by atoms with Gasteiger partial charge in [-0.2, -0.15) is 0 Å². The number of carboxylic acid groups (broad SMARTS) is 1. The summed E-state index contributed by atoms with van der Waals surface area (Å²) in [5, 5.41) is 9.35. The van der Waals surface area contributed by atoms with E-state index in [1.165, 1.54) is 218 Å². The van der Waals surface area contributed by atoms with E-state index >= 15 is 0 Å². The fourth-order valence-electron chi connectivity index (χ4n) is 7.01. The summed E-state index contributed by atoms with van der Waals surface area (Å²) in [6.07, 6.45) is 48.0. The predicted octanol–water partition coefficient (Wildman–Crippen LogP) is 14.5. The summed E-state index contributed by atoms with van der Waals surface area (Å²) in [4.78, 5) is 13.8. The van der Waals surface area contributed by atoms with Crippen LogP contribution in [-0.2, 0) is 4.79 Å². The molecule has 0 amide bonds. The van der Waals surface area contributed by atoms with Crippen LogP contribution in [0.3, 0.4) is 0 Å². The molecule has 0 bridgehead atoms. The predicted molar refractivity (Wildman–Crippen MR) is 202 cm³/mol. The highest BCUT2D eigenvalue weighted by molar-refractivity contribution is 5.67. The van der Waals surface area contributed by atoms with E-state index in [1.807, 2.05) is 0 Å². The zero-order chi connectivity index (χ0) is 32.9. The third-order valence-electron chi connectivity index (χ3n) is 10.2. The summed E-state index contributed by atoms with van der Waals surface area (Å²) < 4.78 is 0. The van der Waals surface area contributed by atoms with Crippen molar-refractivity contribution in [3.63, 3.8) is 0 Å². The molecule has 3 nitrogen and oxygen atoms in total. The number of hydrogen-bond acceptors (Lipinski definition) is 2. The molecule has 270 valence electrons. The number of aliphatic carboxylic acids is 1. The first-order valence-electron chi connectivity index (χ1n) is 21.1. The molecule has 1 unspecified atom stereocenters. The largest absolute Gasteiger partial charge is 0.481 e.